The summed E-state index contributed by atoms with van der Waals surface area (Å²) in [5.41, 5.74) is 1.17. The molecule has 0 radical (unpaired) electrons. The summed E-state index contributed by atoms with van der Waals surface area (Å²) in [6.07, 6.45) is 6.18. The zero-order chi connectivity index (χ0) is 13.4. The van der Waals surface area contributed by atoms with E-state index in [9.17, 15) is 9.90 Å². The first-order chi connectivity index (χ1) is 9.15. The largest absolute Gasteiger partial charge is 0.478 e. The van der Waals surface area contributed by atoms with Crippen molar-refractivity contribution in [3.8, 4) is 0 Å². The van der Waals surface area contributed by atoms with Gasteiger partial charge in [0.15, 0.2) is 0 Å². The van der Waals surface area contributed by atoms with Gasteiger partial charge in [-0.2, -0.15) is 0 Å². The van der Waals surface area contributed by atoms with Gasteiger partial charge >= 0.3 is 5.97 Å². The molecule has 2 unspecified atom stereocenters. The molecule has 0 spiro atoms. The van der Waals surface area contributed by atoms with Gasteiger partial charge in [0.05, 0.1) is 11.3 Å². The van der Waals surface area contributed by atoms with Crippen molar-refractivity contribution >= 4 is 23.3 Å². The zero-order valence-electron chi connectivity index (χ0n) is 10.8. The Labute approximate surface area is 118 Å². The number of rotatable bonds is 2. The van der Waals surface area contributed by atoms with Gasteiger partial charge in [0.2, 0.25) is 0 Å². The maximum Gasteiger partial charge on any atom is 0.337 e. The number of aromatic carboxylic acids is 1. The Kier molecular flexibility index (Phi) is 3.40. The van der Waals surface area contributed by atoms with Crippen LogP contribution >= 0.6 is 11.6 Å². The van der Waals surface area contributed by atoms with Crippen molar-refractivity contribution in [2.45, 2.75) is 38.1 Å². The van der Waals surface area contributed by atoms with E-state index in [2.05, 4.69) is 4.90 Å². The molecule has 1 aromatic rings. The summed E-state index contributed by atoms with van der Waals surface area (Å²) in [4.78, 5) is 13.7. The molecule has 0 aromatic heterocycles. The van der Waals surface area contributed by atoms with Crippen LogP contribution in [0.25, 0.3) is 0 Å². The molecule has 0 amide bonds. The van der Waals surface area contributed by atoms with E-state index in [-0.39, 0.29) is 0 Å². The van der Waals surface area contributed by atoms with Gasteiger partial charge in [-0.25, -0.2) is 4.79 Å². The monoisotopic (exact) mass is 279 g/mol. The third-order valence-electron chi connectivity index (χ3n) is 4.47. The Balaban J connectivity index is 1.95. The first-order valence-electron chi connectivity index (χ1n) is 6.94. The summed E-state index contributed by atoms with van der Waals surface area (Å²) < 4.78 is 0. The van der Waals surface area contributed by atoms with Crippen molar-refractivity contribution in [2.24, 2.45) is 5.92 Å². The van der Waals surface area contributed by atoms with Crippen LogP contribution in [-0.4, -0.2) is 23.7 Å². The van der Waals surface area contributed by atoms with Crippen LogP contribution in [-0.2, 0) is 0 Å². The third-order valence-corrected chi connectivity index (χ3v) is 4.71. The number of benzene rings is 1. The number of carboxylic acids is 1. The average molecular weight is 280 g/mol. The summed E-state index contributed by atoms with van der Waals surface area (Å²) in [7, 11) is 0. The summed E-state index contributed by atoms with van der Waals surface area (Å²) in [6, 6.07) is 5.72. The average Bonchev–Trinajstić information content (AvgIpc) is 2.40. The van der Waals surface area contributed by atoms with Gasteiger partial charge in [-0.1, -0.05) is 24.4 Å². The Morgan fingerprint density at radius 2 is 2.16 bits per heavy atom. The molecular formula is C15H18ClNO2. The third kappa shape index (κ3) is 2.44. The van der Waals surface area contributed by atoms with Crippen LogP contribution in [0.4, 0.5) is 5.69 Å². The number of halogens is 1. The van der Waals surface area contributed by atoms with Crippen molar-refractivity contribution in [3.05, 3.63) is 28.8 Å². The maximum absolute atomic E-state index is 11.4. The van der Waals surface area contributed by atoms with Crippen molar-refractivity contribution in [2.75, 3.05) is 11.4 Å². The second-order valence-electron chi connectivity index (χ2n) is 5.64. The molecule has 2 atom stereocenters. The minimum atomic E-state index is -0.893. The van der Waals surface area contributed by atoms with Crippen molar-refractivity contribution in [1.29, 1.82) is 0 Å². The lowest BCUT2D eigenvalue weighted by Gasteiger charge is -2.44. The number of fused-ring (bicyclic) bond motifs is 2. The minimum Gasteiger partial charge on any atom is -0.478 e. The molecule has 2 aliphatic rings. The van der Waals surface area contributed by atoms with Gasteiger partial charge in [-0.15, -0.1) is 0 Å². The quantitative estimate of drug-likeness (QED) is 0.895. The second-order valence-corrected chi connectivity index (χ2v) is 6.07. The molecule has 3 rings (SSSR count). The molecule has 1 N–H and O–H groups in total. The smallest absolute Gasteiger partial charge is 0.337 e. The fourth-order valence-corrected chi connectivity index (χ4v) is 3.73. The highest BCUT2D eigenvalue weighted by molar-refractivity contribution is 6.31. The molecule has 1 aliphatic heterocycles. The molecular weight excluding hydrogens is 262 g/mol. The van der Waals surface area contributed by atoms with Crippen LogP contribution in [0.2, 0.25) is 5.02 Å². The molecule has 1 aromatic carbocycles. The van der Waals surface area contributed by atoms with Gasteiger partial charge in [-0.05, 0) is 43.4 Å². The van der Waals surface area contributed by atoms with E-state index in [1.807, 2.05) is 6.07 Å². The van der Waals surface area contributed by atoms with Crippen LogP contribution in [0.5, 0.6) is 0 Å². The predicted octanol–water partition coefficient (Wildman–Crippen LogP) is 3.81. The highest BCUT2D eigenvalue weighted by Crippen LogP contribution is 2.38. The Morgan fingerprint density at radius 3 is 2.95 bits per heavy atom. The Bertz CT molecular complexity index is 503. The number of hydrogen-bond donors (Lipinski definition) is 1. The summed E-state index contributed by atoms with van der Waals surface area (Å²) in [5.74, 6) is -0.0500. The van der Waals surface area contributed by atoms with Crippen LogP contribution in [0, 0.1) is 5.92 Å². The van der Waals surface area contributed by atoms with E-state index in [1.54, 1.807) is 12.1 Å². The highest BCUT2D eigenvalue weighted by atomic mass is 35.5. The molecule has 102 valence electrons. The number of carbonyl (C=O) groups is 1. The standard InChI is InChI=1S/C15H18ClNO2/c16-11-4-5-14(13(9-11)15(18)19)17-7-6-10-2-1-3-12(17)8-10/h4-5,9-10,12H,1-3,6-8H2,(H,18,19). The fourth-order valence-electron chi connectivity index (χ4n) is 3.56. The van der Waals surface area contributed by atoms with Crippen LogP contribution in [0.3, 0.4) is 0 Å². The van der Waals surface area contributed by atoms with E-state index in [0.29, 0.717) is 16.6 Å². The van der Waals surface area contributed by atoms with Gasteiger partial charge in [0.25, 0.3) is 0 Å². The normalized spacial score (nSPS) is 26.3. The van der Waals surface area contributed by atoms with Gasteiger partial charge in [-0.3, -0.25) is 0 Å². The molecule has 1 heterocycles. The van der Waals surface area contributed by atoms with Gasteiger partial charge in [0.1, 0.15) is 0 Å². The molecule has 4 heteroatoms. The van der Waals surface area contributed by atoms with E-state index < -0.39 is 5.97 Å². The lowest BCUT2D eigenvalue weighted by Crippen LogP contribution is -2.45. The Morgan fingerprint density at radius 1 is 1.32 bits per heavy atom. The SMILES string of the molecule is O=C(O)c1cc(Cl)ccc1N1CCC2CCCC1C2. The number of carboxylic acid groups (broad SMARTS) is 1. The predicted molar refractivity (Wildman–Crippen MR) is 76.1 cm³/mol. The fraction of sp³-hybridized carbons (Fsp3) is 0.533. The van der Waals surface area contributed by atoms with Crippen molar-refractivity contribution in [3.63, 3.8) is 0 Å². The van der Waals surface area contributed by atoms with E-state index in [1.165, 1.54) is 32.1 Å². The zero-order valence-corrected chi connectivity index (χ0v) is 11.6. The van der Waals surface area contributed by atoms with Gasteiger partial charge < -0.3 is 10.0 Å². The molecule has 2 fully saturated rings. The first kappa shape index (κ1) is 12.8. The highest BCUT2D eigenvalue weighted by Gasteiger charge is 2.33. The number of nitrogens with zero attached hydrogens (tertiary/aromatic N) is 1. The van der Waals surface area contributed by atoms with Crippen molar-refractivity contribution < 1.29 is 9.90 Å². The molecule has 1 saturated heterocycles. The van der Waals surface area contributed by atoms with Crippen LogP contribution in [0.1, 0.15) is 42.5 Å². The van der Waals surface area contributed by atoms with Crippen LogP contribution < -0.4 is 4.90 Å². The molecule has 1 aliphatic carbocycles. The summed E-state index contributed by atoms with van der Waals surface area (Å²) in [6.45, 7) is 0.969. The van der Waals surface area contributed by atoms with E-state index in [0.717, 1.165) is 18.2 Å². The molecule has 19 heavy (non-hydrogen) atoms. The lowest BCUT2D eigenvalue weighted by molar-refractivity contribution is 0.0697. The Hall–Kier alpha value is -1.22. The van der Waals surface area contributed by atoms with E-state index in [4.69, 9.17) is 11.6 Å². The van der Waals surface area contributed by atoms with Crippen molar-refractivity contribution in [1.82, 2.24) is 0 Å². The summed E-state index contributed by atoms with van der Waals surface area (Å²) in [5, 5.41) is 9.85. The minimum absolute atomic E-state index is 0.330. The molecule has 2 bridgehead atoms. The van der Waals surface area contributed by atoms with Crippen LogP contribution in [0.15, 0.2) is 18.2 Å². The molecule has 3 nitrogen and oxygen atoms in total. The number of hydrogen-bond acceptors (Lipinski definition) is 2. The first-order valence-corrected chi connectivity index (χ1v) is 7.32. The second kappa shape index (κ2) is 5.04. The lowest BCUT2D eigenvalue weighted by atomic mass is 9.79. The molecule has 1 saturated carbocycles. The maximum atomic E-state index is 11.4. The van der Waals surface area contributed by atoms with E-state index >= 15 is 0 Å². The number of piperidine rings is 1. The van der Waals surface area contributed by atoms with Gasteiger partial charge in [0, 0.05) is 17.6 Å². The number of anilines is 1. The summed E-state index contributed by atoms with van der Waals surface area (Å²) >= 11 is 5.92. The topological polar surface area (TPSA) is 40.5 Å².